The van der Waals surface area contributed by atoms with Crippen LogP contribution in [0.25, 0.3) is 111 Å². The molecular formula is C58H36F2N4. The van der Waals surface area contributed by atoms with Crippen LogP contribution in [0.1, 0.15) is 0 Å². The average molecular weight is 827 g/mol. The zero-order valence-corrected chi connectivity index (χ0v) is 34.3. The van der Waals surface area contributed by atoms with Gasteiger partial charge in [-0.05, 0) is 121 Å². The predicted octanol–water partition coefficient (Wildman–Crippen LogP) is 15.4. The van der Waals surface area contributed by atoms with E-state index in [9.17, 15) is 0 Å². The molecule has 0 saturated heterocycles. The van der Waals surface area contributed by atoms with E-state index in [1.165, 1.54) is 12.1 Å². The zero-order valence-electron chi connectivity index (χ0n) is 34.3. The van der Waals surface area contributed by atoms with Gasteiger partial charge in [0.1, 0.15) is 11.6 Å². The van der Waals surface area contributed by atoms with Gasteiger partial charge in [-0.15, -0.1) is 0 Å². The van der Waals surface area contributed by atoms with Gasteiger partial charge in [-0.25, -0.2) is 8.78 Å². The molecule has 0 spiro atoms. The van der Waals surface area contributed by atoms with Crippen LogP contribution < -0.4 is 0 Å². The third-order valence-corrected chi connectivity index (χ3v) is 12.8. The second-order valence-electron chi connectivity index (χ2n) is 16.5. The molecule has 0 aliphatic carbocycles. The molecule has 0 aliphatic heterocycles. The van der Waals surface area contributed by atoms with E-state index in [2.05, 4.69) is 176 Å². The van der Waals surface area contributed by atoms with E-state index < -0.39 is 0 Å². The van der Waals surface area contributed by atoms with Crippen LogP contribution >= 0.6 is 0 Å². The van der Waals surface area contributed by atoms with Crippen molar-refractivity contribution < 1.29 is 8.78 Å². The molecule has 0 bridgehead atoms. The number of nitrogens with zero attached hydrogens (tertiary/aromatic N) is 4. The van der Waals surface area contributed by atoms with Crippen molar-refractivity contribution in [3.05, 3.63) is 230 Å². The van der Waals surface area contributed by atoms with Gasteiger partial charge in [0.15, 0.2) is 0 Å². The molecule has 0 saturated carbocycles. The molecule has 4 nitrogen and oxygen atoms in total. The highest BCUT2D eigenvalue weighted by Crippen LogP contribution is 2.42. The van der Waals surface area contributed by atoms with Gasteiger partial charge in [0.2, 0.25) is 0 Å². The third kappa shape index (κ3) is 5.52. The normalized spacial score (nSPS) is 11.9. The lowest BCUT2D eigenvalue weighted by Crippen LogP contribution is -1.99. The van der Waals surface area contributed by atoms with Crippen LogP contribution in [0.5, 0.6) is 0 Å². The van der Waals surface area contributed by atoms with Gasteiger partial charge in [0.25, 0.3) is 0 Å². The number of hydrogen-bond donors (Lipinski definition) is 0. The molecule has 4 heterocycles. The lowest BCUT2D eigenvalue weighted by atomic mass is 10.1. The van der Waals surface area contributed by atoms with E-state index in [-0.39, 0.29) is 11.6 Å². The van der Waals surface area contributed by atoms with Crippen LogP contribution in [-0.2, 0) is 0 Å². The van der Waals surface area contributed by atoms with Crippen molar-refractivity contribution in [1.29, 1.82) is 0 Å². The van der Waals surface area contributed by atoms with Gasteiger partial charge >= 0.3 is 0 Å². The van der Waals surface area contributed by atoms with Crippen molar-refractivity contribution in [2.45, 2.75) is 0 Å². The number of aromatic nitrogens is 4. The molecule has 6 heteroatoms. The summed E-state index contributed by atoms with van der Waals surface area (Å²) in [5, 5.41) is 6.52. The number of rotatable bonds is 6. The Balaban J connectivity index is 1.08. The maximum absolute atomic E-state index is 15.1. The summed E-state index contributed by atoms with van der Waals surface area (Å²) in [4.78, 5) is 0. The lowest BCUT2D eigenvalue weighted by Gasteiger charge is -2.14. The lowest BCUT2D eigenvalue weighted by molar-refractivity contribution is 0.628. The van der Waals surface area contributed by atoms with Gasteiger partial charge in [0.05, 0.1) is 44.5 Å². The van der Waals surface area contributed by atoms with Gasteiger partial charge in [-0.2, -0.15) is 0 Å². The highest BCUT2D eigenvalue weighted by Gasteiger charge is 2.22. The highest BCUT2D eigenvalue weighted by molar-refractivity contribution is 6.12. The Labute approximate surface area is 366 Å². The number of fused-ring (bicyclic) bond motifs is 8. The van der Waals surface area contributed by atoms with Crippen molar-refractivity contribution >= 4 is 65.4 Å². The maximum Gasteiger partial charge on any atom is 0.123 e. The van der Waals surface area contributed by atoms with Crippen molar-refractivity contribution in [3.8, 4) is 45.3 Å². The quantitative estimate of drug-likeness (QED) is 0.159. The highest BCUT2D eigenvalue weighted by atomic mass is 19.1. The fraction of sp³-hybridized carbons (Fsp3) is 0. The van der Waals surface area contributed by atoms with E-state index >= 15 is 8.78 Å². The Bertz CT molecular complexity index is 3720. The molecule has 0 unspecified atom stereocenters. The molecule has 0 amide bonds. The smallest absolute Gasteiger partial charge is 0.123 e. The van der Waals surface area contributed by atoms with Crippen molar-refractivity contribution in [2.75, 3.05) is 0 Å². The first-order valence-corrected chi connectivity index (χ1v) is 21.5. The van der Waals surface area contributed by atoms with Gasteiger partial charge in [-0.1, -0.05) is 97.1 Å². The minimum absolute atomic E-state index is 0.295. The summed E-state index contributed by atoms with van der Waals surface area (Å²) in [5.41, 5.74) is 13.8. The maximum atomic E-state index is 15.1. The molecule has 0 fully saturated rings. The van der Waals surface area contributed by atoms with Crippen LogP contribution in [0.15, 0.2) is 218 Å². The Morgan fingerprint density at radius 1 is 0.250 bits per heavy atom. The number of hydrogen-bond acceptors (Lipinski definition) is 0. The molecule has 64 heavy (non-hydrogen) atoms. The summed E-state index contributed by atoms with van der Waals surface area (Å²) < 4.78 is 39.3. The van der Waals surface area contributed by atoms with Gasteiger partial charge < -0.3 is 18.3 Å². The van der Waals surface area contributed by atoms with Crippen molar-refractivity contribution in [3.63, 3.8) is 0 Å². The first kappa shape index (κ1) is 36.2. The summed E-state index contributed by atoms with van der Waals surface area (Å²) in [6, 6.07) is 73.6. The molecule has 0 atom stereocenters. The number of halogens is 2. The fourth-order valence-corrected chi connectivity index (χ4v) is 10.1. The van der Waals surface area contributed by atoms with E-state index in [0.29, 0.717) is 0 Å². The Morgan fingerprint density at radius 2 is 0.656 bits per heavy atom. The molecule has 4 aromatic heterocycles. The summed E-state index contributed by atoms with van der Waals surface area (Å²) >= 11 is 0. The number of benzene rings is 9. The van der Waals surface area contributed by atoms with E-state index in [0.717, 1.165) is 111 Å². The Hall–Kier alpha value is -8.48. The van der Waals surface area contributed by atoms with E-state index in [1.54, 1.807) is 24.3 Å². The van der Waals surface area contributed by atoms with Crippen LogP contribution in [0.2, 0.25) is 0 Å². The van der Waals surface area contributed by atoms with Crippen molar-refractivity contribution in [1.82, 2.24) is 18.3 Å². The summed E-state index contributed by atoms with van der Waals surface area (Å²) in [5.74, 6) is -0.591. The largest absolute Gasteiger partial charge is 0.309 e. The monoisotopic (exact) mass is 826 g/mol. The number of para-hydroxylation sites is 4. The summed E-state index contributed by atoms with van der Waals surface area (Å²) in [6.07, 6.45) is 0. The molecule has 13 rings (SSSR count). The molecule has 302 valence electrons. The van der Waals surface area contributed by atoms with E-state index in [1.807, 2.05) is 24.3 Å². The predicted molar refractivity (Wildman–Crippen MR) is 260 cm³/mol. The van der Waals surface area contributed by atoms with Crippen LogP contribution in [0.4, 0.5) is 8.78 Å². The summed E-state index contributed by atoms with van der Waals surface area (Å²) in [6.45, 7) is 0. The molecule has 0 radical (unpaired) electrons. The average Bonchev–Trinajstić information content (AvgIpc) is 4.08. The summed E-state index contributed by atoms with van der Waals surface area (Å²) in [7, 11) is 0. The van der Waals surface area contributed by atoms with Gasteiger partial charge in [0, 0.05) is 66.2 Å². The minimum Gasteiger partial charge on any atom is -0.309 e. The van der Waals surface area contributed by atoms with Crippen LogP contribution in [0, 0.1) is 11.6 Å². The first-order valence-electron chi connectivity index (χ1n) is 21.5. The molecule has 13 aromatic rings. The van der Waals surface area contributed by atoms with Gasteiger partial charge in [-0.3, -0.25) is 0 Å². The van der Waals surface area contributed by atoms with Crippen LogP contribution in [-0.4, -0.2) is 18.3 Å². The van der Waals surface area contributed by atoms with Crippen LogP contribution in [0.3, 0.4) is 0 Å². The van der Waals surface area contributed by atoms with Crippen molar-refractivity contribution in [2.24, 2.45) is 0 Å². The standard InChI is InChI=1S/C58H36F2N4/c59-41-15-11-13-37(29-41)55-31-39-34-58-40(33-57(39)63(55)45-25-27-53-49(35-45)47-21-7-9-23-51(47)61(53)43-17-3-1-4-18-43)32-56(38-14-12-16-42(60)30-38)64(58)46-26-28-54-50(36-46)48-22-8-10-24-52(48)62(54)44-19-5-2-6-20-44/h1-36H. The zero-order chi connectivity index (χ0) is 42.5. The second-order valence-corrected chi connectivity index (χ2v) is 16.5. The molecule has 9 aromatic carbocycles. The topological polar surface area (TPSA) is 19.7 Å². The Kier molecular flexibility index (Phi) is 7.93. The Morgan fingerprint density at radius 3 is 1.09 bits per heavy atom. The first-order chi connectivity index (χ1) is 31.6. The minimum atomic E-state index is -0.295. The molecule has 0 aliphatic rings. The SMILES string of the molecule is Fc1cccc(-c2cc3cc4c(cc(-c5cccc(F)c5)n4-c4ccc5c(c4)c4ccccc4n5-c4ccccc4)cc3n2-c2ccc3c(c2)c2ccccc2n3-c2ccccc2)c1. The third-order valence-electron chi connectivity index (χ3n) is 12.8. The van der Waals surface area contributed by atoms with E-state index in [4.69, 9.17) is 0 Å². The molecule has 0 N–H and O–H groups in total. The molecular weight excluding hydrogens is 791 g/mol. The fourth-order valence-electron chi connectivity index (χ4n) is 10.1. The second kappa shape index (κ2) is 14.0.